The molecule has 0 radical (unpaired) electrons. The van der Waals surface area contributed by atoms with Gasteiger partial charge in [-0.05, 0) is 0 Å². The molecule has 1 unspecified atom stereocenters. The summed E-state index contributed by atoms with van der Waals surface area (Å²) in [7, 11) is 0. The fourth-order valence-electron chi connectivity index (χ4n) is 1.56. The molecule has 1 aliphatic rings. The molecule has 8 nitrogen and oxygen atoms in total. The van der Waals surface area contributed by atoms with E-state index in [2.05, 4.69) is 4.74 Å². The van der Waals surface area contributed by atoms with Crippen LogP contribution in [0.15, 0.2) is 0 Å². The number of rotatable bonds is 2. The molecule has 1 saturated heterocycles. The van der Waals surface area contributed by atoms with E-state index >= 15 is 0 Å². The van der Waals surface area contributed by atoms with Gasteiger partial charge in [-0.1, -0.05) is 0 Å². The first-order chi connectivity index (χ1) is 7.18. The second-order valence-electron chi connectivity index (χ2n) is 3.80. The minimum absolute atomic E-state index is 0.760. The highest BCUT2D eigenvalue weighted by molar-refractivity contribution is 5.84. The van der Waals surface area contributed by atoms with Crippen molar-refractivity contribution in [3.05, 3.63) is 0 Å². The predicted molar refractivity (Wildman–Crippen MR) is 48.7 cm³/mol. The van der Waals surface area contributed by atoms with Crippen LogP contribution < -0.4 is 5.73 Å². The Morgan fingerprint density at radius 2 is 1.94 bits per heavy atom. The quantitative estimate of drug-likeness (QED) is 0.266. The summed E-state index contributed by atoms with van der Waals surface area (Å²) in [5.74, 6) is -3.93. The lowest BCUT2D eigenvalue weighted by molar-refractivity contribution is -0.367. The summed E-state index contributed by atoms with van der Waals surface area (Å²) >= 11 is 0. The minimum Gasteiger partial charge on any atom is -0.394 e. The van der Waals surface area contributed by atoms with Gasteiger partial charge in [0.25, 0.3) is 5.79 Å². The Balaban J connectivity index is 3.15. The number of carbonyl (C=O) groups is 1. The molecule has 1 heterocycles. The van der Waals surface area contributed by atoms with E-state index in [0.29, 0.717) is 0 Å². The second kappa shape index (κ2) is 4.00. The van der Waals surface area contributed by atoms with E-state index in [0.717, 1.165) is 6.92 Å². The number of carbonyl (C=O) groups excluding carboxylic acids is 1. The first-order valence-electron chi connectivity index (χ1n) is 4.58. The van der Waals surface area contributed by atoms with E-state index in [9.17, 15) is 25.2 Å². The average Bonchev–Trinajstić information content (AvgIpc) is 2.21. The zero-order valence-corrected chi connectivity index (χ0v) is 8.57. The van der Waals surface area contributed by atoms with Crippen molar-refractivity contribution in [3.63, 3.8) is 0 Å². The molecule has 94 valence electrons. The van der Waals surface area contributed by atoms with Crippen LogP contribution in [-0.4, -0.2) is 67.7 Å². The standard InChI is InChI=1S/C8H15NO7/c1-3(11)8(15)7(9,14)6(13)5(12)4(2-10)16-8/h4-6,10,12-15H,2,9H2,1H3/t4-,5-,6+,7-,8?/m1/s1. The topological polar surface area (TPSA) is 153 Å². The SMILES string of the molecule is CC(=O)C1(O)O[C@H](CO)[C@@H](O)[C@H](O)[C@@]1(N)O. The van der Waals surface area contributed by atoms with Gasteiger partial charge in [0.1, 0.15) is 18.3 Å². The third kappa shape index (κ3) is 1.64. The van der Waals surface area contributed by atoms with Gasteiger partial charge in [0, 0.05) is 6.92 Å². The molecule has 0 aliphatic carbocycles. The molecule has 1 rings (SSSR count). The average molecular weight is 237 g/mol. The van der Waals surface area contributed by atoms with Crippen LogP contribution >= 0.6 is 0 Å². The summed E-state index contributed by atoms with van der Waals surface area (Å²) in [6.45, 7) is 0.126. The van der Waals surface area contributed by atoms with E-state index in [1.807, 2.05) is 0 Å². The van der Waals surface area contributed by atoms with Crippen molar-refractivity contribution < 1.29 is 35.1 Å². The molecule has 0 aromatic heterocycles. The van der Waals surface area contributed by atoms with Crippen LogP contribution in [0.5, 0.6) is 0 Å². The first kappa shape index (κ1) is 13.5. The van der Waals surface area contributed by atoms with Gasteiger partial charge in [0.15, 0.2) is 5.78 Å². The highest BCUT2D eigenvalue weighted by Gasteiger charge is 2.64. The monoisotopic (exact) mass is 237 g/mol. The second-order valence-corrected chi connectivity index (χ2v) is 3.80. The molecule has 16 heavy (non-hydrogen) atoms. The van der Waals surface area contributed by atoms with Crippen molar-refractivity contribution in [1.29, 1.82) is 0 Å². The number of hydrogen-bond donors (Lipinski definition) is 6. The summed E-state index contributed by atoms with van der Waals surface area (Å²) in [6.07, 6.45) is -5.18. The summed E-state index contributed by atoms with van der Waals surface area (Å²) in [4.78, 5) is 11.2. The van der Waals surface area contributed by atoms with E-state index < -0.39 is 42.2 Å². The molecule has 0 saturated carbocycles. The number of ketones is 1. The molecular formula is C8H15NO7. The van der Waals surface area contributed by atoms with E-state index in [-0.39, 0.29) is 0 Å². The van der Waals surface area contributed by atoms with Gasteiger partial charge in [-0.25, -0.2) is 0 Å². The van der Waals surface area contributed by atoms with Crippen LogP contribution in [0.3, 0.4) is 0 Å². The Hall–Kier alpha value is -0.610. The van der Waals surface area contributed by atoms with Crippen molar-refractivity contribution in [1.82, 2.24) is 0 Å². The minimum atomic E-state index is -2.88. The Bertz CT molecular complexity index is 294. The van der Waals surface area contributed by atoms with Crippen LogP contribution in [0, 0.1) is 0 Å². The summed E-state index contributed by atoms with van der Waals surface area (Å²) in [5.41, 5.74) is 2.32. The fourth-order valence-corrected chi connectivity index (χ4v) is 1.56. The largest absolute Gasteiger partial charge is 0.394 e. The van der Waals surface area contributed by atoms with Crippen LogP contribution in [0.2, 0.25) is 0 Å². The molecule has 7 N–H and O–H groups in total. The summed E-state index contributed by atoms with van der Waals surface area (Å²) < 4.78 is 4.65. The van der Waals surface area contributed by atoms with Crippen LogP contribution in [0.4, 0.5) is 0 Å². The Morgan fingerprint density at radius 1 is 1.44 bits per heavy atom. The number of Topliss-reactive ketones (excluding diaryl/α,β-unsaturated/α-hetero) is 1. The van der Waals surface area contributed by atoms with Crippen molar-refractivity contribution in [2.45, 2.75) is 36.7 Å². The van der Waals surface area contributed by atoms with E-state index in [1.54, 1.807) is 0 Å². The normalized spacial score (nSPS) is 49.1. The number of aliphatic hydroxyl groups is 5. The van der Waals surface area contributed by atoms with E-state index in [4.69, 9.17) is 10.8 Å². The number of nitrogens with two attached hydrogens (primary N) is 1. The molecular weight excluding hydrogens is 222 g/mol. The lowest BCUT2D eigenvalue weighted by Crippen LogP contribution is -2.79. The van der Waals surface area contributed by atoms with Crippen molar-refractivity contribution in [2.24, 2.45) is 5.73 Å². The Kier molecular flexibility index (Phi) is 3.37. The maximum absolute atomic E-state index is 11.2. The third-order valence-corrected chi connectivity index (χ3v) is 2.68. The predicted octanol–water partition coefficient (Wildman–Crippen LogP) is -3.98. The zero-order chi connectivity index (χ0) is 12.7. The molecule has 5 atom stereocenters. The maximum atomic E-state index is 11.2. The van der Waals surface area contributed by atoms with Gasteiger partial charge in [0.2, 0.25) is 5.72 Å². The maximum Gasteiger partial charge on any atom is 0.273 e. The van der Waals surface area contributed by atoms with Crippen molar-refractivity contribution >= 4 is 5.78 Å². The molecule has 1 fully saturated rings. The Labute approximate surface area is 90.9 Å². The lowest BCUT2D eigenvalue weighted by Gasteiger charge is -2.49. The highest BCUT2D eigenvalue weighted by Crippen LogP contribution is 2.33. The van der Waals surface area contributed by atoms with Crippen LogP contribution in [0.1, 0.15) is 6.92 Å². The third-order valence-electron chi connectivity index (χ3n) is 2.68. The van der Waals surface area contributed by atoms with Gasteiger partial charge < -0.3 is 30.3 Å². The lowest BCUT2D eigenvalue weighted by atomic mass is 9.85. The Morgan fingerprint density at radius 3 is 2.31 bits per heavy atom. The van der Waals surface area contributed by atoms with Crippen LogP contribution in [0.25, 0.3) is 0 Å². The van der Waals surface area contributed by atoms with E-state index in [1.165, 1.54) is 0 Å². The first-order valence-corrected chi connectivity index (χ1v) is 4.58. The molecule has 0 bridgehead atoms. The number of ether oxygens (including phenoxy) is 1. The molecule has 1 aliphatic heterocycles. The molecule has 0 spiro atoms. The van der Waals surface area contributed by atoms with Crippen molar-refractivity contribution in [3.8, 4) is 0 Å². The fraction of sp³-hybridized carbons (Fsp3) is 0.875. The molecule has 0 aromatic carbocycles. The van der Waals surface area contributed by atoms with Crippen molar-refractivity contribution in [2.75, 3.05) is 6.61 Å². The number of aliphatic hydroxyl groups excluding tert-OH is 3. The van der Waals surface area contributed by atoms with Gasteiger partial charge in [-0.3, -0.25) is 10.5 Å². The highest BCUT2D eigenvalue weighted by atomic mass is 16.7. The summed E-state index contributed by atoms with van der Waals surface area (Å²) in [6, 6.07) is 0. The zero-order valence-electron chi connectivity index (χ0n) is 8.57. The smallest absolute Gasteiger partial charge is 0.273 e. The number of hydrogen-bond acceptors (Lipinski definition) is 8. The van der Waals surface area contributed by atoms with Gasteiger partial charge >= 0.3 is 0 Å². The molecule has 0 aromatic rings. The van der Waals surface area contributed by atoms with Gasteiger partial charge in [-0.2, -0.15) is 0 Å². The van der Waals surface area contributed by atoms with Gasteiger partial charge in [0.05, 0.1) is 6.61 Å². The van der Waals surface area contributed by atoms with Crippen LogP contribution in [-0.2, 0) is 9.53 Å². The molecule has 8 heteroatoms. The van der Waals surface area contributed by atoms with Gasteiger partial charge in [-0.15, -0.1) is 0 Å². The summed E-state index contributed by atoms with van der Waals surface area (Å²) in [5, 5.41) is 47.0. The molecule has 0 amide bonds.